The van der Waals surface area contributed by atoms with Gasteiger partial charge in [0, 0.05) is 4.47 Å². The van der Waals surface area contributed by atoms with Crippen molar-refractivity contribution in [3.8, 4) is 0 Å². The van der Waals surface area contributed by atoms with Crippen LogP contribution >= 0.6 is 28.1 Å². The molecular formula is C17H13BrN2OS. The zero-order valence-electron chi connectivity index (χ0n) is 11.8. The molecule has 0 saturated carbocycles. The summed E-state index contributed by atoms with van der Waals surface area (Å²) >= 11 is 8.67. The van der Waals surface area contributed by atoms with Crippen LogP contribution in [0.3, 0.4) is 0 Å². The van der Waals surface area contributed by atoms with Gasteiger partial charge in [0.25, 0.3) is 5.91 Å². The number of carbonyl (C=O) groups is 1. The van der Waals surface area contributed by atoms with Gasteiger partial charge in [-0.05, 0) is 55.0 Å². The summed E-state index contributed by atoms with van der Waals surface area (Å²) in [5, 5.41) is 3.38. The first-order valence-electron chi connectivity index (χ1n) is 6.74. The van der Waals surface area contributed by atoms with Crippen molar-refractivity contribution >= 4 is 50.9 Å². The molecule has 0 spiro atoms. The van der Waals surface area contributed by atoms with Crippen LogP contribution in [0.15, 0.2) is 58.7 Å². The molecule has 22 heavy (non-hydrogen) atoms. The largest absolute Gasteiger partial charge is 0.327 e. The molecule has 1 saturated heterocycles. The molecule has 1 aliphatic rings. The summed E-state index contributed by atoms with van der Waals surface area (Å²) in [7, 11) is 0. The highest BCUT2D eigenvalue weighted by molar-refractivity contribution is 9.10. The van der Waals surface area contributed by atoms with Gasteiger partial charge in [-0.3, -0.25) is 9.69 Å². The molecule has 2 aromatic rings. The van der Waals surface area contributed by atoms with Crippen molar-refractivity contribution < 1.29 is 4.79 Å². The molecule has 0 bridgehead atoms. The molecule has 110 valence electrons. The van der Waals surface area contributed by atoms with Gasteiger partial charge in [-0.2, -0.15) is 0 Å². The van der Waals surface area contributed by atoms with Gasteiger partial charge in [-0.1, -0.05) is 45.8 Å². The van der Waals surface area contributed by atoms with Crippen LogP contribution in [0, 0.1) is 6.92 Å². The fourth-order valence-corrected chi connectivity index (χ4v) is 2.75. The summed E-state index contributed by atoms with van der Waals surface area (Å²) in [6.07, 6.45) is 1.81. The standard InChI is InChI=1S/C17H13BrN2OS/c1-11-2-4-12(5-3-11)10-15-16(21)20(17(22)19-15)14-8-6-13(18)7-9-14/h2-10H,1H3,(H,19,22). The van der Waals surface area contributed by atoms with Crippen molar-refractivity contribution in [2.24, 2.45) is 0 Å². The van der Waals surface area contributed by atoms with E-state index in [-0.39, 0.29) is 5.91 Å². The third kappa shape index (κ3) is 2.96. The summed E-state index contributed by atoms with van der Waals surface area (Å²) in [5.41, 5.74) is 3.37. The van der Waals surface area contributed by atoms with Crippen LogP contribution in [0.2, 0.25) is 0 Å². The number of halogens is 1. The normalized spacial score (nSPS) is 16.3. The maximum atomic E-state index is 12.6. The summed E-state index contributed by atoms with van der Waals surface area (Å²) in [6, 6.07) is 15.4. The summed E-state index contributed by atoms with van der Waals surface area (Å²) in [6.45, 7) is 2.03. The van der Waals surface area contributed by atoms with Gasteiger partial charge in [0.15, 0.2) is 5.11 Å². The zero-order chi connectivity index (χ0) is 15.7. The van der Waals surface area contributed by atoms with Gasteiger partial charge < -0.3 is 5.32 Å². The number of thiocarbonyl (C=S) groups is 1. The lowest BCUT2D eigenvalue weighted by Gasteiger charge is -2.13. The molecule has 0 radical (unpaired) electrons. The minimum Gasteiger partial charge on any atom is -0.327 e. The Morgan fingerprint density at radius 1 is 1.09 bits per heavy atom. The van der Waals surface area contributed by atoms with E-state index in [1.54, 1.807) is 0 Å². The first-order chi connectivity index (χ1) is 10.5. The molecule has 2 aromatic carbocycles. The van der Waals surface area contributed by atoms with E-state index < -0.39 is 0 Å². The topological polar surface area (TPSA) is 32.3 Å². The lowest BCUT2D eigenvalue weighted by molar-refractivity contribution is -0.113. The number of anilines is 1. The van der Waals surface area contributed by atoms with E-state index in [9.17, 15) is 4.79 Å². The highest BCUT2D eigenvalue weighted by Gasteiger charge is 2.31. The maximum Gasteiger partial charge on any atom is 0.281 e. The summed E-state index contributed by atoms with van der Waals surface area (Å²) < 4.78 is 0.956. The van der Waals surface area contributed by atoms with Gasteiger partial charge in [0.1, 0.15) is 5.70 Å². The van der Waals surface area contributed by atoms with Crippen molar-refractivity contribution in [2.75, 3.05) is 4.90 Å². The van der Waals surface area contributed by atoms with Crippen molar-refractivity contribution in [1.29, 1.82) is 0 Å². The van der Waals surface area contributed by atoms with Crippen LogP contribution in [0.5, 0.6) is 0 Å². The predicted octanol–water partition coefficient (Wildman–Crippen LogP) is 4.02. The second-order valence-corrected chi connectivity index (χ2v) is 6.32. The van der Waals surface area contributed by atoms with Crippen molar-refractivity contribution in [2.45, 2.75) is 6.92 Å². The van der Waals surface area contributed by atoms with E-state index in [2.05, 4.69) is 21.2 Å². The summed E-state index contributed by atoms with van der Waals surface area (Å²) in [5.74, 6) is -0.145. The number of rotatable bonds is 2. The van der Waals surface area contributed by atoms with Crippen LogP contribution in [0.4, 0.5) is 5.69 Å². The fourth-order valence-electron chi connectivity index (χ4n) is 2.19. The van der Waals surface area contributed by atoms with E-state index >= 15 is 0 Å². The Labute approximate surface area is 142 Å². The third-order valence-corrected chi connectivity index (χ3v) is 4.16. The van der Waals surface area contributed by atoms with Crippen LogP contribution in [-0.4, -0.2) is 11.0 Å². The first kappa shape index (κ1) is 14.9. The van der Waals surface area contributed by atoms with Crippen LogP contribution in [-0.2, 0) is 4.79 Å². The second-order valence-electron chi connectivity index (χ2n) is 5.02. The summed E-state index contributed by atoms with van der Waals surface area (Å²) in [4.78, 5) is 14.1. The molecule has 1 N–H and O–H groups in total. The Hall–Kier alpha value is -1.98. The third-order valence-electron chi connectivity index (χ3n) is 3.35. The minimum absolute atomic E-state index is 0.145. The number of hydrogen-bond acceptors (Lipinski definition) is 2. The number of nitrogens with zero attached hydrogens (tertiary/aromatic N) is 1. The quantitative estimate of drug-likeness (QED) is 0.638. The van der Waals surface area contributed by atoms with E-state index in [0.717, 1.165) is 15.7 Å². The Bertz CT molecular complexity index is 766. The van der Waals surface area contributed by atoms with E-state index in [0.29, 0.717) is 10.8 Å². The average Bonchev–Trinajstić information content (AvgIpc) is 2.77. The number of hydrogen-bond donors (Lipinski definition) is 1. The van der Waals surface area contributed by atoms with E-state index in [4.69, 9.17) is 12.2 Å². The molecule has 0 atom stereocenters. The van der Waals surface area contributed by atoms with Crippen molar-refractivity contribution in [1.82, 2.24) is 5.32 Å². The van der Waals surface area contributed by atoms with Gasteiger partial charge in [-0.25, -0.2) is 0 Å². The van der Waals surface area contributed by atoms with Crippen LogP contribution in [0.1, 0.15) is 11.1 Å². The van der Waals surface area contributed by atoms with E-state index in [1.807, 2.05) is 61.5 Å². The number of nitrogens with one attached hydrogen (secondary N) is 1. The van der Waals surface area contributed by atoms with E-state index in [1.165, 1.54) is 10.5 Å². The Morgan fingerprint density at radius 2 is 1.73 bits per heavy atom. The number of benzene rings is 2. The lowest BCUT2D eigenvalue weighted by atomic mass is 10.1. The molecule has 0 unspecified atom stereocenters. The number of carbonyl (C=O) groups excluding carboxylic acids is 1. The monoisotopic (exact) mass is 372 g/mol. The lowest BCUT2D eigenvalue weighted by Crippen LogP contribution is -2.30. The van der Waals surface area contributed by atoms with Gasteiger partial charge in [0.05, 0.1) is 5.69 Å². The Morgan fingerprint density at radius 3 is 2.36 bits per heavy atom. The van der Waals surface area contributed by atoms with Crippen molar-refractivity contribution in [3.63, 3.8) is 0 Å². The molecule has 1 heterocycles. The molecule has 5 heteroatoms. The molecule has 1 fully saturated rings. The fraction of sp³-hybridized carbons (Fsp3) is 0.0588. The highest BCUT2D eigenvalue weighted by atomic mass is 79.9. The Kier molecular flexibility index (Phi) is 4.09. The molecule has 1 aliphatic heterocycles. The van der Waals surface area contributed by atoms with Gasteiger partial charge in [0.2, 0.25) is 0 Å². The smallest absolute Gasteiger partial charge is 0.281 e. The SMILES string of the molecule is Cc1ccc(C=C2NC(=S)N(c3ccc(Br)cc3)C2=O)cc1. The number of aryl methyl sites for hydroxylation is 1. The van der Waals surface area contributed by atoms with Gasteiger partial charge in [-0.15, -0.1) is 0 Å². The molecule has 1 amide bonds. The van der Waals surface area contributed by atoms with Gasteiger partial charge >= 0.3 is 0 Å². The zero-order valence-corrected chi connectivity index (χ0v) is 14.2. The first-order valence-corrected chi connectivity index (χ1v) is 7.94. The van der Waals surface area contributed by atoms with Crippen molar-refractivity contribution in [3.05, 3.63) is 69.8 Å². The minimum atomic E-state index is -0.145. The molecule has 0 aromatic heterocycles. The highest BCUT2D eigenvalue weighted by Crippen LogP contribution is 2.24. The average molecular weight is 373 g/mol. The number of amides is 1. The second kappa shape index (κ2) is 6.02. The van der Waals surface area contributed by atoms with Crippen LogP contribution in [0.25, 0.3) is 6.08 Å². The molecule has 3 rings (SSSR count). The predicted molar refractivity (Wildman–Crippen MR) is 96.5 cm³/mol. The maximum absolute atomic E-state index is 12.6. The van der Waals surface area contributed by atoms with Crippen LogP contribution < -0.4 is 10.2 Å². The Balaban J connectivity index is 1.91. The molecular weight excluding hydrogens is 360 g/mol. The molecule has 3 nitrogen and oxygen atoms in total. The molecule has 0 aliphatic carbocycles.